The van der Waals surface area contributed by atoms with Crippen LogP contribution in [0.25, 0.3) is 0 Å². The summed E-state index contributed by atoms with van der Waals surface area (Å²) in [5.74, 6) is 0.124. The second-order valence-electron chi connectivity index (χ2n) is 3.32. The average molecular weight is 267 g/mol. The lowest BCUT2D eigenvalue weighted by Gasteiger charge is -1.95. The topological polar surface area (TPSA) is 74.1 Å². The molecule has 0 amide bonds. The molecule has 0 atom stereocenters. The number of thiophene rings is 1. The van der Waals surface area contributed by atoms with E-state index < -0.39 is 10.0 Å². The molecule has 0 radical (unpaired) electrons. The molecule has 2 rings (SSSR count). The van der Waals surface area contributed by atoms with E-state index in [1.807, 2.05) is 6.07 Å². The van der Waals surface area contributed by atoms with Crippen molar-refractivity contribution in [2.24, 2.45) is 5.73 Å². The van der Waals surface area contributed by atoms with Gasteiger partial charge in [0.25, 0.3) is 5.84 Å². The van der Waals surface area contributed by atoms with Crippen LogP contribution >= 0.6 is 11.3 Å². The monoisotopic (exact) mass is 267 g/mol. The van der Waals surface area contributed by atoms with Gasteiger partial charge in [-0.25, -0.2) is 0 Å². The van der Waals surface area contributed by atoms with Crippen LogP contribution in [0.4, 0.5) is 0 Å². The number of hydrogen-bond donors (Lipinski definition) is 2. The van der Waals surface area contributed by atoms with Gasteiger partial charge in [0.05, 0.1) is 5.56 Å². The van der Waals surface area contributed by atoms with E-state index in [0.717, 1.165) is 11.3 Å². The van der Waals surface area contributed by atoms with Gasteiger partial charge in [-0.3, -0.25) is 5.73 Å². The minimum Gasteiger partial charge on any atom is -0.286 e. The van der Waals surface area contributed by atoms with Gasteiger partial charge in [-0.2, -0.15) is 12.8 Å². The van der Waals surface area contributed by atoms with Crippen LogP contribution in [0.2, 0.25) is 0 Å². The fourth-order valence-electron chi connectivity index (χ4n) is 1.29. The normalized spacial score (nSPS) is 12.6. The van der Waals surface area contributed by atoms with Crippen molar-refractivity contribution in [1.29, 1.82) is 0 Å². The highest BCUT2D eigenvalue weighted by Gasteiger charge is 2.18. The first-order valence-corrected chi connectivity index (χ1v) is 7.20. The van der Waals surface area contributed by atoms with Gasteiger partial charge in [0.15, 0.2) is 4.21 Å². The molecule has 0 spiro atoms. The molecule has 0 unspecified atom stereocenters. The summed E-state index contributed by atoms with van der Waals surface area (Å²) < 4.78 is 26.3. The standard InChI is InChI=1S/C11H10N2O2S2/c12-11(9-5-2-1-3-6-9)13-17(14,15)10-7-4-8-16-10/h1-8H,(H2,12,13)/p+1. The maximum atomic E-state index is 11.9. The van der Waals surface area contributed by atoms with E-state index in [9.17, 15) is 8.42 Å². The zero-order valence-corrected chi connectivity index (χ0v) is 10.5. The Morgan fingerprint density at radius 2 is 1.82 bits per heavy atom. The molecular formula is C11H11N2O2S2+. The molecule has 0 aliphatic carbocycles. The molecule has 0 aliphatic rings. The molecule has 1 heterocycles. The fourth-order valence-corrected chi connectivity index (χ4v) is 3.30. The Labute approximate surface area is 103 Å². The van der Waals surface area contributed by atoms with E-state index in [4.69, 9.17) is 5.73 Å². The van der Waals surface area contributed by atoms with E-state index in [1.165, 1.54) is 6.07 Å². The molecule has 4 nitrogen and oxygen atoms in total. The molecule has 1 aromatic heterocycles. The van der Waals surface area contributed by atoms with Gasteiger partial charge in [0, 0.05) is 0 Å². The second-order valence-corrected chi connectivity index (χ2v) is 6.17. The Morgan fingerprint density at radius 3 is 2.41 bits per heavy atom. The van der Waals surface area contributed by atoms with Crippen LogP contribution in [0.1, 0.15) is 5.56 Å². The number of hydrogen-bond acceptors (Lipinski definition) is 3. The highest BCUT2D eigenvalue weighted by atomic mass is 32.2. The summed E-state index contributed by atoms with van der Waals surface area (Å²) in [6, 6.07) is 12.1. The molecule has 2 aromatic rings. The average Bonchev–Trinajstić information content (AvgIpc) is 2.84. The molecule has 0 bridgehead atoms. The van der Waals surface area contributed by atoms with Crippen molar-refractivity contribution in [2.45, 2.75) is 4.21 Å². The molecular weight excluding hydrogens is 256 g/mol. The number of rotatable bonds is 3. The number of benzene rings is 1. The quantitative estimate of drug-likeness (QED) is 0.603. The van der Waals surface area contributed by atoms with Crippen molar-refractivity contribution in [3.05, 3.63) is 53.4 Å². The van der Waals surface area contributed by atoms with Crippen molar-refractivity contribution in [3.63, 3.8) is 0 Å². The first kappa shape index (κ1) is 11.8. The fraction of sp³-hybridized carbons (Fsp3) is 0. The second kappa shape index (κ2) is 4.68. The van der Waals surface area contributed by atoms with E-state index >= 15 is 0 Å². The lowest BCUT2D eigenvalue weighted by atomic mass is 10.2. The van der Waals surface area contributed by atoms with Crippen molar-refractivity contribution in [3.8, 4) is 0 Å². The summed E-state index contributed by atoms with van der Waals surface area (Å²) in [5, 5.41) is 1.70. The zero-order chi connectivity index (χ0) is 12.3. The number of amidine groups is 1. The van der Waals surface area contributed by atoms with Crippen LogP contribution < -0.4 is 10.1 Å². The summed E-state index contributed by atoms with van der Waals surface area (Å²) in [4.78, 5) is 0. The third-order valence-electron chi connectivity index (χ3n) is 2.09. The van der Waals surface area contributed by atoms with Gasteiger partial charge in [-0.15, -0.1) is 11.3 Å². The summed E-state index contributed by atoms with van der Waals surface area (Å²) in [5.41, 5.74) is 6.36. The number of nitrogens with two attached hydrogens (primary N) is 1. The molecule has 6 heteroatoms. The number of sulfonamides is 1. The van der Waals surface area contributed by atoms with Gasteiger partial charge in [-0.1, -0.05) is 18.2 Å². The third kappa shape index (κ3) is 2.72. The van der Waals surface area contributed by atoms with Crippen LogP contribution in [0, 0.1) is 0 Å². The van der Waals surface area contributed by atoms with E-state index in [0.29, 0.717) is 5.56 Å². The van der Waals surface area contributed by atoms with Crippen molar-refractivity contribution in [1.82, 2.24) is 0 Å². The van der Waals surface area contributed by atoms with Crippen LogP contribution in [-0.4, -0.2) is 14.3 Å². The van der Waals surface area contributed by atoms with Gasteiger partial charge < -0.3 is 0 Å². The molecule has 0 aliphatic heterocycles. The van der Waals surface area contributed by atoms with Crippen molar-refractivity contribution >= 4 is 27.2 Å². The third-order valence-corrected chi connectivity index (χ3v) is 4.85. The maximum Gasteiger partial charge on any atom is 0.338 e. The molecule has 1 aromatic carbocycles. The summed E-state index contributed by atoms with van der Waals surface area (Å²) in [6.45, 7) is 0. The number of nitrogen functional groups attached to an aromatic ring is 1. The lowest BCUT2D eigenvalue weighted by molar-refractivity contribution is -0.267. The Bertz CT molecular complexity index is 617. The Kier molecular flexibility index (Phi) is 3.26. The largest absolute Gasteiger partial charge is 0.338 e. The minimum atomic E-state index is -3.56. The van der Waals surface area contributed by atoms with Crippen LogP contribution in [-0.2, 0) is 10.0 Å². The Morgan fingerprint density at radius 1 is 1.12 bits per heavy atom. The Balaban J connectivity index is 2.38. The highest BCUT2D eigenvalue weighted by molar-refractivity contribution is 7.87. The summed E-state index contributed by atoms with van der Waals surface area (Å²) in [7, 11) is -3.56. The summed E-state index contributed by atoms with van der Waals surface area (Å²) in [6.07, 6.45) is 0. The lowest BCUT2D eigenvalue weighted by Crippen LogP contribution is -2.78. The van der Waals surface area contributed by atoms with E-state index in [2.05, 4.69) is 4.40 Å². The Hall–Kier alpha value is -1.66. The smallest absolute Gasteiger partial charge is 0.286 e. The molecule has 0 fully saturated rings. The van der Waals surface area contributed by atoms with Gasteiger partial charge in [0.2, 0.25) is 0 Å². The predicted octanol–water partition coefficient (Wildman–Crippen LogP) is -0.0771. The van der Waals surface area contributed by atoms with E-state index in [-0.39, 0.29) is 10.0 Å². The van der Waals surface area contributed by atoms with Crippen molar-refractivity contribution in [2.75, 3.05) is 0 Å². The number of nitrogens with one attached hydrogen (secondary N) is 1. The van der Waals surface area contributed by atoms with Crippen LogP contribution in [0.5, 0.6) is 0 Å². The van der Waals surface area contributed by atoms with Gasteiger partial charge in [-0.05, 0) is 29.6 Å². The maximum absolute atomic E-state index is 11.9. The minimum absolute atomic E-state index is 0.124. The van der Waals surface area contributed by atoms with E-state index in [1.54, 1.807) is 35.7 Å². The van der Waals surface area contributed by atoms with Crippen LogP contribution in [0.15, 0.2) is 52.1 Å². The molecule has 0 saturated carbocycles. The first-order chi connectivity index (χ1) is 8.09. The first-order valence-electron chi connectivity index (χ1n) is 4.84. The highest BCUT2D eigenvalue weighted by Crippen LogP contribution is 2.12. The molecule has 88 valence electrons. The summed E-state index contributed by atoms with van der Waals surface area (Å²) >= 11 is 1.15. The van der Waals surface area contributed by atoms with Crippen LogP contribution in [0.3, 0.4) is 0 Å². The molecule has 0 saturated heterocycles. The van der Waals surface area contributed by atoms with Crippen molar-refractivity contribution < 1.29 is 12.8 Å². The molecule has 17 heavy (non-hydrogen) atoms. The van der Waals surface area contributed by atoms with Gasteiger partial charge in [0.1, 0.15) is 0 Å². The molecule has 3 N–H and O–H groups in total. The van der Waals surface area contributed by atoms with Gasteiger partial charge >= 0.3 is 10.0 Å². The predicted molar refractivity (Wildman–Crippen MR) is 67.2 cm³/mol. The zero-order valence-electron chi connectivity index (χ0n) is 8.83. The SMILES string of the molecule is NC(=[NH+]S(=O)(=O)c1cccs1)c1ccccc1.